The molecule has 112 valence electrons. The average molecular weight is 284 g/mol. The van der Waals surface area contributed by atoms with Crippen molar-refractivity contribution in [2.45, 2.75) is 31.7 Å². The third-order valence-corrected chi connectivity index (χ3v) is 4.18. The molecule has 1 aliphatic heterocycles. The largest absolute Gasteiger partial charge is 0.409 e. The number of rotatable bonds is 3. The van der Waals surface area contributed by atoms with Gasteiger partial charge in [-0.25, -0.2) is 0 Å². The summed E-state index contributed by atoms with van der Waals surface area (Å²) >= 11 is 0. The van der Waals surface area contributed by atoms with Crippen LogP contribution in [0.2, 0.25) is 0 Å². The quantitative estimate of drug-likeness (QED) is 0.265. The number of amides is 2. The zero-order valence-corrected chi connectivity index (χ0v) is 11.2. The zero-order valence-electron chi connectivity index (χ0n) is 11.2. The normalized spacial score (nSPS) is 26.5. The number of carbonyl (C=O) groups is 2. The molecule has 0 bridgehead atoms. The summed E-state index contributed by atoms with van der Waals surface area (Å²) in [6.45, 7) is 0.724. The van der Waals surface area contributed by atoms with Gasteiger partial charge in [0, 0.05) is 6.54 Å². The van der Waals surface area contributed by atoms with Gasteiger partial charge in [0.2, 0.25) is 11.8 Å². The van der Waals surface area contributed by atoms with Gasteiger partial charge in [0.15, 0.2) is 5.84 Å². The van der Waals surface area contributed by atoms with Crippen LogP contribution in [0.25, 0.3) is 0 Å². The van der Waals surface area contributed by atoms with E-state index in [4.69, 9.17) is 21.4 Å². The van der Waals surface area contributed by atoms with E-state index in [2.05, 4.69) is 5.16 Å². The first kappa shape index (κ1) is 14.6. The Morgan fingerprint density at radius 1 is 1.30 bits per heavy atom. The van der Waals surface area contributed by atoms with E-state index in [1.807, 2.05) is 0 Å². The van der Waals surface area contributed by atoms with E-state index in [1.165, 1.54) is 4.90 Å². The number of nitrogens with zero attached hydrogens (tertiary/aromatic N) is 2. The molecule has 0 spiro atoms. The number of nitrogens with two attached hydrogens (primary N) is 2. The van der Waals surface area contributed by atoms with Crippen LogP contribution in [0.1, 0.15) is 25.7 Å². The number of oxime groups is 1. The van der Waals surface area contributed by atoms with Crippen molar-refractivity contribution in [1.82, 2.24) is 4.90 Å². The summed E-state index contributed by atoms with van der Waals surface area (Å²) < 4.78 is 5.20. The number of ether oxygens (including phenoxy) is 1. The van der Waals surface area contributed by atoms with E-state index >= 15 is 0 Å². The fourth-order valence-electron chi connectivity index (χ4n) is 3.01. The molecule has 8 nitrogen and oxygen atoms in total. The topological polar surface area (TPSA) is 131 Å². The van der Waals surface area contributed by atoms with Gasteiger partial charge in [-0.05, 0) is 12.8 Å². The monoisotopic (exact) mass is 284 g/mol. The second kappa shape index (κ2) is 5.66. The van der Waals surface area contributed by atoms with Gasteiger partial charge in [-0.3, -0.25) is 9.59 Å². The minimum absolute atomic E-state index is 0.0882. The molecule has 1 unspecified atom stereocenters. The van der Waals surface area contributed by atoms with Crippen molar-refractivity contribution < 1.29 is 19.5 Å². The van der Waals surface area contributed by atoms with Crippen LogP contribution in [0.3, 0.4) is 0 Å². The van der Waals surface area contributed by atoms with Crippen molar-refractivity contribution in [3.8, 4) is 0 Å². The molecule has 0 radical (unpaired) electrons. The van der Waals surface area contributed by atoms with Gasteiger partial charge in [-0.15, -0.1) is 0 Å². The van der Waals surface area contributed by atoms with Crippen molar-refractivity contribution >= 4 is 17.6 Å². The maximum absolute atomic E-state index is 12.8. The molecule has 8 heteroatoms. The Balaban J connectivity index is 2.29. The number of morpholine rings is 1. The Morgan fingerprint density at radius 3 is 2.50 bits per heavy atom. The van der Waals surface area contributed by atoms with E-state index < -0.39 is 17.4 Å². The van der Waals surface area contributed by atoms with E-state index in [1.54, 1.807) is 0 Å². The molecular formula is C12H20N4O4. The highest BCUT2D eigenvalue weighted by Gasteiger charge is 2.49. The summed E-state index contributed by atoms with van der Waals surface area (Å²) in [6, 6.07) is -0.791. The molecule has 20 heavy (non-hydrogen) atoms. The van der Waals surface area contributed by atoms with Gasteiger partial charge >= 0.3 is 0 Å². The fourth-order valence-corrected chi connectivity index (χ4v) is 3.01. The van der Waals surface area contributed by atoms with E-state index in [-0.39, 0.29) is 24.9 Å². The molecular weight excluding hydrogens is 264 g/mol. The minimum atomic E-state index is -1.01. The van der Waals surface area contributed by atoms with E-state index in [9.17, 15) is 9.59 Å². The summed E-state index contributed by atoms with van der Waals surface area (Å²) in [7, 11) is 0. The van der Waals surface area contributed by atoms with Gasteiger partial charge in [0.05, 0.1) is 13.2 Å². The maximum atomic E-state index is 12.8. The Labute approximate surface area is 116 Å². The molecule has 1 atom stereocenters. The SMILES string of the molecule is NC(=O)C1COCCN1C(=O)C1(C(N)=NO)CCCC1. The smallest absolute Gasteiger partial charge is 0.242 e. The van der Waals surface area contributed by atoms with E-state index in [0.29, 0.717) is 19.4 Å². The molecule has 1 aliphatic carbocycles. The molecule has 2 amide bonds. The molecule has 2 fully saturated rings. The van der Waals surface area contributed by atoms with Crippen molar-refractivity contribution in [1.29, 1.82) is 0 Å². The lowest BCUT2D eigenvalue weighted by Crippen LogP contribution is -2.60. The first-order chi connectivity index (χ1) is 9.53. The van der Waals surface area contributed by atoms with Crippen LogP contribution in [-0.4, -0.2) is 53.6 Å². The highest BCUT2D eigenvalue weighted by Crippen LogP contribution is 2.40. The van der Waals surface area contributed by atoms with Gasteiger partial charge in [0.1, 0.15) is 11.5 Å². The standard InChI is InChI=1S/C12H20N4O4/c13-9(17)8-7-20-6-5-16(8)11(18)12(10(14)15-19)3-1-2-4-12/h8,19H,1-7H2,(H2,13,17)(H2,14,15). The average Bonchev–Trinajstić information content (AvgIpc) is 2.96. The number of primary amides is 1. The van der Waals surface area contributed by atoms with Gasteiger partial charge in [0.25, 0.3) is 0 Å². The predicted molar refractivity (Wildman–Crippen MR) is 69.8 cm³/mol. The number of hydrogen-bond acceptors (Lipinski definition) is 5. The lowest BCUT2D eigenvalue weighted by molar-refractivity contribution is -0.152. The van der Waals surface area contributed by atoms with Crippen molar-refractivity contribution in [2.24, 2.45) is 22.0 Å². The molecule has 0 aromatic carbocycles. The predicted octanol–water partition coefficient (Wildman–Crippen LogP) is -0.994. The van der Waals surface area contributed by atoms with Gasteiger partial charge in [-0.2, -0.15) is 0 Å². The number of amidine groups is 1. The molecule has 2 rings (SSSR count). The fraction of sp³-hybridized carbons (Fsp3) is 0.750. The summed E-state index contributed by atoms with van der Waals surface area (Å²) in [6.07, 6.45) is 2.69. The number of hydrogen-bond donors (Lipinski definition) is 3. The number of carbonyl (C=O) groups excluding carboxylic acids is 2. The highest BCUT2D eigenvalue weighted by atomic mass is 16.5. The lowest BCUT2D eigenvalue weighted by Gasteiger charge is -2.39. The molecule has 5 N–H and O–H groups in total. The Kier molecular flexibility index (Phi) is 4.12. The van der Waals surface area contributed by atoms with Crippen molar-refractivity contribution in [2.75, 3.05) is 19.8 Å². The Morgan fingerprint density at radius 2 is 1.95 bits per heavy atom. The van der Waals surface area contributed by atoms with Crippen LogP contribution in [-0.2, 0) is 14.3 Å². The third kappa shape index (κ3) is 2.31. The maximum Gasteiger partial charge on any atom is 0.242 e. The minimum Gasteiger partial charge on any atom is -0.409 e. The second-order valence-corrected chi connectivity index (χ2v) is 5.27. The van der Waals surface area contributed by atoms with Crippen molar-refractivity contribution in [3.05, 3.63) is 0 Å². The third-order valence-electron chi connectivity index (χ3n) is 4.18. The first-order valence-corrected chi connectivity index (χ1v) is 6.69. The first-order valence-electron chi connectivity index (χ1n) is 6.69. The molecule has 0 aromatic rings. The summed E-state index contributed by atoms with van der Waals surface area (Å²) in [5, 5.41) is 12.0. The van der Waals surface area contributed by atoms with Crippen molar-refractivity contribution in [3.63, 3.8) is 0 Å². The lowest BCUT2D eigenvalue weighted by atomic mass is 9.82. The molecule has 2 aliphatic rings. The van der Waals surface area contributed by atoms with Crippen LogP contribution in [0.4, 0.5) is 0 Å². The highest BCUT2D eigenvalue weighted by molar-refractivity contribution is 6.08. The molecule has 1 saturated carbocycles. The summed E-state index contributed by atoms with van der Waals surface area (Å²) in [5.74, 6) is -0.988. The molecule has 1 saturated heterocycles. The molecule has 1 heterocycles. The second-order valence-electron chi connectivity index (χ2n) is 5.27. The van der Waals surface area contributed by atoms with E-state index in [0.717, 1.165) is 12.8 Å². The van der Waals surface area contributed by atoms with Crippen LogP contribution >= 0.6 is 0 Å². The Hall–Kier alpha value is -1.83. The Bertz CT molecular complexity index is 431. The van der Waals surface area contributed by atoms with Crippen LogP contribution in [0, 0.1) is 5.41 Å². The van der Waals surface area contributed by atoms with Crippen LogP contribution in [0.15, 0.2) is 5.16 Å². The van der Waals surface area contributed by atoms with Gasteiger partial charge in [-0.1, -0.05) is 18.0 Å². The van der Waals surface area contributed by atoms with Crippen LogP contribution in [0.5, 0.6) is 0 Å². The van der Waals surface area contributed by atoms with Gasteiger partial charge < -0.3 is 26.3 Å². The summed E-state index contributed by atoms with van der Waals surface area (Å²) in [5.41, 5.74) is 10.1. The molecule has 0 aromatic heterocycles. The van der Waals surface area contributed by atoms with Crippen LogP contribution < -0.4 is 11.5 Å². The zero-order chi connectivity index (χ0) is 14.8. The summed E-state index contributed by atoms with van der Waals surface area (Å²) in [4.78, 5) is 25.7.